The molecule has 10 aromatic carbocycles. The minimum absolute atomic E-state index is 0. The first-order valence-corrected chi connectivity index (χ1v) is 40.6. The zero-order chi connectivity index (χ0) is 82.3. The summed E-state index contributed by atoms with van der Waals surface area (Å²) < 4.78 is 0. The van der Waals surface area contributed by atoms with Crippen LogP contribution in [0.3, 0.4) is 0 Å². The second-order valence-electron chi connectivity index (χ2n) is 34.7. The Bertz CT molecular complexity index is 3200. The van der Waals surface area contributed by atoms with E-state index in [1.165, 1.54) is 66.8 Å². The highest BCUT2D eigenvalue weighted by molar-refractivity contribution is 5.36. The lowest BCUT2D eigenvalue weighted by Gasteiger charge is -2.18. The van der Waals surface area contributed by atoms with Gasteiger partial charge in [0.15, 0.2) is 0 Å². The van der Waals surface area contributed by atoms with Crippen molar-refractivity contribution in [3.63, 3.8) is 0 Å². The van der Waals surface area contributed by atoms with Crippen LogP contribution in [0.1, 0.15) is 312 Å². The van der Waals surface area contributed by atoms with Crippen LogP contribution < -0.4 is 18.5 Å². The van der Waals surface area contributed by atoms with Crippen molar-refractivity contribution >= 4 is 0 Å². The van der Waals surface area contributed by atoms with Crippen LogP contribution in [-0.2, 0) is 35.5 Å². The highest BCUT2D eigenvalue weighted by atomic mass is 14.2. The molecule has 10 aromatic rings. The molecule has 9 N–H and O–H groups in total. The first-order chi connectivity index (χ1) is 50.1. The molecule has 0 amide bonds. The standard InChI is InChI=1S/4C11H16.3C10H14.3C9H12.3C2H6.3H3N/c1-8(2)11-9(3)6-5-7-10(11)4;3*1-11(2,3)9-10-7-5-4-6-8-10;3*1-10(2,3)9-7-5-4-6-8-9;3*1-8(2)9-6-4-3-5-7-9;3*1-2;;;/h5-8H,1-4H3;3*4-8H,9H2,1-3H3;3*4-8H,1-3H3;3*3-8H,1-2H3;3*1-2H3;3*1H3. The molecule has 612 valence electrons. The Hall–Kier alpha value is -7.92. The summed E-state index contributed by atoms with van der Waals surface area (Å²) in [6.07, 6.45) is 3.48. The Balaban J connectivity index is -0.000000270. The Morgan fingerprint density at radius 2 is 0.355 bits per heavy atom. The molecule has 0 spiro atoms. The van der Waals surface area contributed by atoms with E-state index in [0.29, 0.717) is 56.2 Å². The fourth-order valence-corrected chi connectivity index (χ4v) is 10.7. The quantitative estimate of drug-likeness (QED) is 0.148. The first-order valence-electron chi connectivity index (χ1n) is 40.6. The largest absolute Gasteiger partial charge is 0.344 e. The van der Waals surface area contributed by atoms with Gasteiger partial charge in [-0.05, 0) is 156 Å². The number of hydrogen-bond donors (Lipinski definition) is 3. The summed E-state index contributed by atoms with van der Waals surface area (Å²) in [6, 6.07) is 102. The van der Waals surface area contributed by atoms with E-state index in [0.717, 1.165) is 19.3 Å². The highest BCUT2D eigenvalue weighted by Gasteiger charge is 2.15. The van der Waals surface area contributed by atoms with Crippen molar-refractivity contribution in [1.29, 1.82) is 0 Å². The van der Waals surface area contributed by atoms with Gasteiger partial charge in [0.25, 0.3) is 0 Å². The molecule has 0 bridgehead atoms. The maximum Gasteiger partial charge on any atom is -0.0132 e. The Morgan fingerprint density at radius 1 is 0.200 bits per heavy atom. The van der Waals surface area contributed by atoms with Crippen LogP contribution in [-0.4, -0.2) is 0 Å². The van der Waals surface area contributed by atoms with Crippen LogP contribution in [0.15, 0.2) is 291 Å². The summed E-state index contributed by atoms with van der Waals surface area (Å²) in [4.78, 5) is 0. The Kier molecular flexibility index (Phi) is 64.4. The third-order valence-corrected chi connectivity index (χ3v) is 16.2. The molecule has 3 heteroatoms. The van der Waals surface area contributed by atoms with Crippen molar-refractivity contribution in [1.82, 2.24) is 18.5 Å². The Labute approximate surface area is 683 Å². The van der Waals surface area contributed by atoms with Gasteiger partial charge in [-0.3, -0.25) is 0 Å². The van der Waals surface area contributed by atoms with Gasteiger partial charge in [-0.1, -0.05) is 513 Å². The minimum Gasteiger partial charge on any atom is -0.344 e. The number of hydrogen-bond acceptors (Lipinski definition) is 3. The normalized spacial score (nSPS) is 10.3. The summed E-state index contributed by atoms with van der Waals surface area (Å²) >= 11 is 0. The molecular weight excluding hydrogens is 1330 g/mol. The van der Waals surface area contributed by atoms with Crippen molar-refractivity contribution < 1.29 is 0 Å². The monoisotopic (exact) mass is 1500 g/mol. The number of rotatable bonds is 7. The van der Waals surface area contributed by atoms with E-state index in [9.17, 15) is 0 Å². The summed E-state index contributed by atoms with van der Waals surface area (Å²) in [7, 11) is 0. The lowest BCUT2D eigenvalue weighted by atomic mass is 9.87. The van der Waals surface area contributed by atoms with Crippen LogP contribution in [0, 0.1) is 30.1 Å². The molecule has 0 fully saturated rings. The molecule has 0 aliphatic carbocycles. The number of aryl methyl sites for hydroxylation is 2. The van der Waals surface area contributed by atoms with Gasteiger partial charge >= 0.3 is 0 Å². The van der Waals surface area contributed by atoms with E-state index >= 15 is 0 Å². The average Bonchev–Trinajstić information content (AvgIpc) is 0.875. The van der Waals surface area contributed by atoms with Gasteiger partial charge in [0.05, 0.1) is 0 Å². The molecule has 0 aliphatic heterocycles. The maximum atomic E-state index is 2.26. The van der Waals surface area contributed by atoms with Crippen molar-refractivity contribution in [2.75, 3.05) is 0 Å². The zero-order valence-electron chi connectivity index (χ0n) is 77.3. The summed E-state index contributed by atoms with van der Waals surface area (Å²) in [5.41, 5.74) is 19.2. The average molecular weight is 1500 g/mol. The zero-order valence-corrected chi connectivity index (χ0v) is 77.3. The van der Waals surface area contributed by atoms with Gasteiger partial charge in [-0.2, -0.15) is 0 Å². The molecule has 0 heterocycles. The van der Waals surface area contributed by atoms with Crippen LogP contribution in [0.4, 0.5) is 0 Å². The molecule has 0 aliphatic rings. The van der Waals surface area contributed by atoms with Crippen LogP contribution in [0.2, 0.25) is 0 Å². The van der Waals surface area contributed by atoms with Crippen molar-refractivity contribution in [2.45, 2.75) is 295 Å². The van der Waals surface area contributed by atoms with E-state index in [-0.39, 0.29) is 18.5 Å². The molecule has 0 unspecified atom stereocenters. The molecule has 0 radical (unpaired) electrons. The van der Waals surface area contributed by atoms with Crippen LogP contribution in [0.5, 0.6) is 0 Å². The SMILES string of the molecule is CC.CC.CC.CC(C)(C)Cc1ccccc1.CC(C)(C)Cc1ccccc1.CC(C)(C)Cc1ccccc1.CC(C)(C)c1ccccc1.CC(C)(C)c1ccccc1.CC(C)(C)c1ccccc1.CC(C)c1ccccc1.CC(C)c1ccccc1.CC(C)c1ccccc1.Cc1cccc(C)c1C(C)C.N.N.N. The number of benzene rings is 10. The second kappa shape index (κ2) is 62.7. The molecule has 10 rings (SSSR count). The van der Waals surface area contributed by atoms with E-state index in [1.54, 1.807) is 0 Å². The van der Waals surface area contributed by atoms with Gasteiger partial charge < -0.3 is 18.5 Å². The smallest absolute Gasteiger partial charge is 0.0132 e. The van der Waals surface area contributed by atoms with E-state index in [1.807, 2.05) is 59.7 Å². The topological polar surface area (TPSA) is 105 Å². The van der Waals surface area contributed by atoms with Gasteiger partial charge in [0.1, 0.15) is 0 Å². The molecule has 0 saturated carbocycles. The van der Waals surface area contributed by atoms with Gasteiger partial charge in [-0.15, -0.1) is 0 Å². The molecule has 0 aromatic heterocycles. The fourth-order valence-electron chi connectivity index (χ4n) is 10.7. The van der Waals surface area contributed by atoms with Crippen LogP contribution in [0.25, 0.3) is 0 Å². The second-order valence-corrected chi connectivity index (χ2v) is 34.7. The first kappa shape index (κ1) is 113. The third-order valence-electron chi connectivity index (χ3n) is 16.2. The highest BCUT2D eigenvalue weighted by Crippen LogP contribution is 2.26. The predicted octanol–water partition coefficient (Wildman–Crippen LogP) is 34.2. The van der Waals surface area contributed by atoms with Gasteiger partial charge in [-0.25, -0.2) is 0 Å². The predicted molar refractivity (Wildman–Crippen MR) is 505 cm³/mol. The summed E-state index contributed by atoms with van der Waals surface area (Å²) in [5, 5.41) is 0. The van der Waals surface area contributed by atoms with E-state index in [4.69, 9.17) is 0 Å². The van der Waals surface area contributed by atoms with Crippen LogP contribution >= 0.6 is 0 Å². The van der Waals surface area contributed by atoms with E-state index < -0.39 is 0 Å². The summed E-state index contributed by atoms with van der Waals surface area (Å²) in [5.74, 6) is 2.62. The molecular formula is C107H169N3. The van der Waals surface area contributed by atoms with Crippen molar-refractivity contribution in [3.8, 4) is 0 Å². The maximum absolute atomic E-state index is 2.26. The minimum atomic E-state index is 0. The summed E-state index contributed by atoms with van der Waals surface area (Å²) in [6.45, 7) is 74.5. The molecule has 3 nitrogen and oxygen atoms in total. The molecule has 0 atom stereocenters. The molecule has 110 heavy (non-hydrogen) atoms. The lowest BCUT2D eigenvalue weighted by molar-refractivity contribution is 0.411. The lowest BCUT2D eigenvalue weighted by Crippen LogP contribution is -2.10. The van der Waals surface area contributed by atoms with Gasteiger partial charge in [0.2, 0.25) is 0 Å². The Morgan fingerprint density at radius 3 is 0.464 bits per heavy atom. The van der Waals surface area contributed by atoms with Gasteiger partial charge in [0, 0.05) is 0 Å². The molecule has 0 saturated heterocycles. The van der Waals surface area contributed by atoms with E-state index in [2.05, 4.69) is 467 Å². The van der Waals surface area contributed by atoms with Crippen molar-refractivity contribution in [3.05, 3.63) is 358 Å². The fraction of sp³-hybridized carbons (Fsp3) is 0.439. The van der Waals surface area contributed by atoms with Crippen molar-refractivity contribution in [2.24, 2.45) is 16.2 Å². The third kappa shape index (κ3) is 60.8.